The average Bonchev–Trinajstić information content (AvgIpc) is 2.37. The summed E-state index contributed by atoms with van der Waals surface area (Å²) in [5.74, 6) is -0.635. The largest absolute Gasteiger partial charge is 0.464 e. The Kier molecular flexibility index (Phi) is 6.20. The predicted molar refractivity (Wildman–Crippen MR) is 81.3 cm³/mol. The van der Waals surface area contributed by atoms with Crippen LogP contribution in [0.4, 0.5) is 0 Å². The predicted octanol–water partition coefficient (Wildman–Crippen LogP) is 2.84. The van der Waals surface area contributed by atoms with Gasteiger partial charge in [-0.2, -0.15) is 0 Å². The van der Waals surface area contributed by atoms with Crippen LogP contribution in [0.5, 0.6) is 0 Å². The number of carbonyl (C=O) groups excluding carboxylic acids is 2. The molecule has 4 nitrogen and oxygen atoms in total. The average molecular weight is 342 g/mol. The van der Waals surface area contributed by atoms with E-state index in [1.807, 2.05) is 24.3 Å². The maximum Gasteiger partial charge on any atom is 0.331 e. The molecule has 0 radical (unpaired) electrons. The molecule has 0 fully saturated rings. The van der Waals surface area contributed by atoms with E-state index in [-0.39, 0.29) is 5.91 Å². The zero-order chi connectivity index (χ0) is 15.2. The number of halogens is 1. The van der Waals surface area contributed by atoms with Crippen molar-refractivity contribution in [1.82, 2.24) is 5.32 Å². The number of carbonyl (C=O) groups is 2. The van der Waals surface area contributed by atoms with Crippen LogP contribution in [0.2, 0.25) is 0 Å². The van der Waals surface area contributed by atoms with Crippen LogP contribution >= 0.6 is 15.9 Å². The van der Waals surface area contributed by atoms with Gasteiger partial charge in [0.1, 0.15) is 5.54 Å². The third-order valence-electron chi connectivity index (χ3n) is 3.00. The SMILES string of the molecule is CCOC(=O)C(C)(CCc1ccc(Br)cc1)NC(C)=O. The summed E-state index contributed by atoms with van der Waals surface area (Å²) in [6, 6.07) is 7.89. The van der Waals surface area contributed by atoms with Crippen molar-refractivity contribution in [2.24, 2.45) is 0 Å². The van der Waals surface area contributed by atoms with Crippen LogP contribution in [-0.4, -0.2) is 24.0 Å². The molecule has 0 saturated heterocycles. The minimum absolute atomic E-state index is 0.239. The molecular weight excluding hydrogens is 322 g/mol. The van der Waals surface area contributed by atoms with E-state index >= 15 is 0 Å². The Morgan fingerprint density at radius 1 is 1.30 bits per heavy atom. The summed E-state index contributed by atoms with van der Waals surface area (Å²) in [6.07, 6.45) is 1.18. The van der Waals surface area contributed by atoms with Crippen LogP contribution in [0.15, 0.2) is 28.7 Å². The Balaban J connectivity index is 2.76. The number of aryl methyl sites for hydroxylation is 1. The summed E-state index contributed by atoms with van der Waals surface area (Å²) >= 11 is 3.38. The fraction of sp³-hybridized carbons (Fsp3) is 0.467. The molecule has 0 aliphatic rings. The number of benzene rings is 1. The molecule has 1 aromatic rings. The first-order valence-electron chi connectivity index (χ1n) is 6.58. The van der Waals surface area contributed by atoms with E-state index in [0.29, 0.717) is 19.4 Å². The van der Waals surface area contributed by atoms with E-state index in [9.17, 15) is 9.59 Å². The van der Waals surface area contributed by atoms with Crippen molar-refractivity contribution in [1.29, 1.82) is 0 Å². The molecule has 1 unspecified atom stereocenters. The van der Waals surface area contributed by atoms with Crippen molar-refractivity contribution in [3.8, 4) is 0 Å². The summed E-state index contributed by atoms with van der Waals surface area (Å²) in [5, 5.41) is 2.70. The Morgan fingerprint density at radius 2 is 1.90 bits per heavy atom. The highest BCUT2D eigenvalue weighted by atomic mass is 79.9. The quantitative estimate of drug-likeness (QED) is 0.809. The zero-order valence-corrected chi connectivity index (χ0v) is 13.6. The second kappa shape index (κ2) is 7.43. The van der Waals surface area contributed by atoms with E-state index in [4.69, 9.17) is 4.74 Å². The second-order valence-electron chi connectivity index (χ2n) is 4.86. The maximum absolute atomic E-state index is 12.0. The van der Waals surface area contributed by atoms with Crippen LogP contribution < -0.4 is 5.32 Å². The van der Waals surface area contributed by atoms with Gasteiger partial charge < -0.3 is 10.1 Å². The second-order valence-corrected chi connectivity index (χ2v) is 5.78. The fourth-order valence-electron chi connectivity index (χ4n) is 1.94. The van der Waals surface area contributed by atoms with Gasteiger partial charge in [-0.05, 0) is 44.4 Å². The third-order valence-corrected chi connectivity index (χ3v) is 3.53. The molecule has 1 amide bonds. The lowest BCUT2D eigenvalue weighted by atomic mass is 9.93. The molecule has 0 aliphatic heterocycles. The van der Waals surface area contributed by atoms with Gasteiger partial charge in [-0.3, -0.25) is 4.79 Å². The monoisotopic (exact) mass is 341 g/mol. The molecular formula is C15H20BrNO3. The van der Waals surface area contributed by atoms with Crippen molar-refractivity contribution >= 4 is 27.8 Å². The first-order valence-corrected chi connectivity index (χ1v) is 7.37. The Morgan fingerprint density at radius 3 is 2.40 bits per heavy atom. The molecule has 1 N–H and O–H groups in total. The number of esters is 1. The molecule has 0 spiro atoms. The van der Waals surface area contributed by atoms with Crippen molar-refractivity contribution in [3.05, 3.63) is 34.3 Å². The maximum atomic E-state index is 12.0. The number of hydrogen-bond donors (Lipinski definition) is 1. The number of hydrogen-bond acceptors (Lipinski definition) is 3. The van der Waals surface area contributed by atoms with Gasteiger partial charge in [0.2, 0.25) is 5.91 Å². The first-order chi connectivity index (χ1) is 9.37. The van der Waals surface area contributed by atoms with Crippen LogP contribution in [-0.2, 0) is 20.7 Å². The van der Waals surface area contributed by atoms with E-state index in [2.05, 4.69) is 21.2 Å². The molecule has 20 heavy (non-hydrogen) atoms. The molecule has 0 aromatic heterocycles. The van der Waals surface area contributed by atoms with E-state index in [0.717, 1.165) is 10.0 Å². The molecule has 110 valence electrons. The first kappa shape index (κ1) is 16.7. The summed E-state index contributed by atoms with van der Waals surface area (Å²) in [6.45, 7) is 5.15. The minimum atomic E-state index is -0.991. The van der Waals surface area contributed by atoms with Crippen LogP contribution in [0.3, 0.4) is 0 Å². The summed E-state index contributed by atoms with van der Waals surface area (Å²) < 4.78 is 6.06. The number of nitrogens with one attached hydrogen (secondary N) is 1. The lowest BCUT2D eigenvalue weighted by Crippen LogP contribution is -2.52. The Bertz CT molecular complexity index is 473. The number of ether oxygens (including phenoxy) is 1. The topological polar surface area (TPSA) is 55.4 Å². The standard InChI is InChI=1S/C15H20BrNO3/c1-4-20-14(19)15(3,17-11(2)18)10-9-12-5-7-13(16)8-6-12/h5-8H,4,9-10H2,1-3H3,(H,17,18). The van der Waals surface area contributed by atoms with Gasteiger partial charge in [0, 0.05) is 11.4 Å². The molecule has 0 aliphatic carbocycles. The molecule has 0 bridgehead atoms. The summed E-state index contributed by atoms with van der Waals surface area (Å²) in [5.41, 5.74) is 0.114. The number of rotatable bonds is 6. The normalized spacial score (nSPS) is 13.4. The zero-order valence-electron chi connectivity index (χ0n) is 12.0. The van der Waals surface area contributed by atoms with E-state index in [1.165, 1.54) is 6.92 Å². The van der Waals surface area contributed by atoms with Gasteiger partial charge in [-0.1, -0.05) is 28.1 Å². The van der Waals surface area contributed by atoms with Gasteiger partial charge >= 0.3 is 5.97 Å². The highest BCUT2D eigenvalue weighted by Gasteiger charge is 2.35. The lowest BCUT2D eigenvalue weighted by molar-refractivity contribution is -0.152. The molecule has 1 atom stereocenters. The molecule has 0 heterocycles. The van der Waals surface area contributed by atoms with Crippen LogP contribution in [0.1, 0.15) is 32.8 Å². The van der Waals surface area contributed by atoms with Gasteiger partial charge in [0.15, 0.2) is 0 Å². The summed E-state index contributed by atoms with van der Waals surface area (Å²) in [4.78, 5) is 23.3. The van der Waals surface area contributed by atoms with Gasteiger partial charge in [0.05, 0.1) is 6.61 Å². The number of amides is 1. The Labute approximate surface area is 128 Å². The fourth-order valence-corrected chi connectivity index (χ4v) is 2.20. The lowest BCUT2D eigenvalue weighted by Gasteiger charge is -2.28. The highest BCUT2D eigenvalue weighted by molar-refractivity contribution is 9.10. The highest BCUT2D eigenvalue weighted by Crippen LogP contribution is 2.18. The third kappa shape index (κ3) is 4.96. The van der Waals surface area contributed by atoms with Gasteiger partial charge in [-0.15, -0.1) is 0 Å². The molecule has 5 heteroatoms. The van der Waals surface area contributed by atoms with Gasteiger partial charge in [-0.25, -0.2) is 4.79 Å². The van der Waals surface area contributed by atoms with E-state index in [1.54, 1.807) is 13.8 Å². The van der Waals surface area contributed by atoms with Gasteiger partial charge in [0.25, 0.3) is 0 Å². The molecule has 0 saturated carbocycles. The summed E-state index contributed by atoms with van der Waals surface area (Å²) in [7, 11) is 0. The van der Waals surface area contributed by atoms with E-state index < -0.39 is 11.5 Å². The van der Waals surface area contributed by atoms with Crippen molar-refractivity contribution in [3.63, 3.8) is 0 Å². The van der Waals surface area contributed by atoms with Crippen molar-refractivity contribution < 1.29 is 14.3 Å². The smallest absolute Gasteiger partial charge is 0.331 e. The van der Waals surface area contributed by atoms with Crippen molar-refractivity contribution in [2.45, 2.75) is 39.2 Å². The van der Waals surface area contributed by atoms with Crippen LogP contribution in [0, 0.1) is 0 Å². The molecule has 1 rings (SSSR count). The van der Waals surface area contributed by atoms with Crippen molar-refractivity contribution in [2.75, 3.05) is 6.61 Å². The molecule has 1 aromatic carbocycles. The Hall–Kier alpha value is -1.36. The minimum Gasteiger partial charge on any atom is -0.464 e. The van der Waals surface area contributed by atoms with Crippen LogP contribution in [0.25, 0.3) is 0 Å².